The second-order valence-electron chi connectivity index (χ2n) is 5.46. The summed E-state index contributed by atoms with van der Waals surface area (Å²) in [6.07, 6.45) is 0. The van der Waals surface area contributed by atoms with Crippen molar-refractivity contribution in [2.24, 2.45) is 0 Å². The number of carbonyl (C=O) groups excluding carboxylic acids is 1. The van der Waals surface area contributed by atoms with Gasteiger partial charge in [0, 0.05) is 11.4 Å². The maximum Gasteiger partial charge on any atom is 0.230 e. The molecule has 0 aliphatic rings. The zero-order valence-electron chi connectivity index (χ0n) is 10.9. The van der Waals surface area contributed by atoms with Gasteiger partial charge in [0.05, 0.1) is 5.41 Å². The lowest BCUT2D eigenvalue weighted by atomic mass is 9.83. The van der Waals surface area contributed by atoms with E-state index in [1.165, 1.54) is 0 Å². The zero-order valence-corrected chi connectivity index (χ0v) is 11.6. The van der Waals surface area contributed by atoms with Gasteiger partial charge in [-0.15, -0.1) is 11.6 Å². The summed E-state index contributed by atoms with van der Waals surface area (Å²) in [5.74, 6) is 0.387. The summed E-state index contributed by atoms with van der Waals surface area (Å²) in [6.45, 7) is 7.67. The molecule has 17 heavy (non-hydrogen) atoms. The quantitative estimate of drug-likeness (QED) is 0.821. The highest BCUT2D eigenvalue weighted by Gasteiger charge is 2.32. The molecular weight excluding hydrogens is 234 g/mol. The molecule has 0 unspecified atom stereocenters. The van der Waals surface area contributed by atoms with Gasteiger partial charge in [0.2, 0.25) is 5.91 Å². The Labute approximate surface area is 108 Å². The van der Waals surface area contributed by atoms with E-state index in [0.29, 0.717) is 5.88 Å². The van der Waals surface area contributed by atoms with Gasteiger partial charge in [-0.25, -0.2) is 0 Å². The van der Waals surface area contributed by atoms with Gasteiger partial charge in [-0.2, -0.15) is 0 Å². The fourth-order valence-corrected chi connectivity index (χ4v) is 1.55. The van der Waals surface area contributed by atoms with Crippen molar-refractivity contribution in [3.05, 3.63) is 35.9 Å². The van der Waals surface area contributed by atoms with Crippen molar-refractivity contribution < 1.29 is 4.79 Å². The summed E-state index contributed by atoms with van der Waals surface area (Å²) in [5, 5.41) is 2.97. The van der Waals surface area contributed by atoms with E-state index >= 15 is 0 Å². The second-order valence-corrected chi connectivity index (χ2v) is 5.73. The third-order valence-electron chi connectivity index (χ3n) is 2.85. The molecule has 0 saturated carbocycles. The van der Waals surface area contributed by atoms with Gasteiger partial charge in [0.1, 0.15) is 0 Å². The molecule has 0 aromatic heterocycles. The van der Waals surface area contributed by atoms with Crippen molar-refractivity contribution in [3.63, 3.8) is 0 Å². The summed E-state index contributed by atoms with van der Waals surface area (Å²) < 4.78 is 0. The second kappa shape index (κ2) is 5.09. The smallest absolute Gasteiger partial charge is 0.230 e. The van der Waals surface area contributed by atoms with Gasteiger partial charge in [0.15, 0.2) is 0 Å². The minimum atomic E-state index is -0.551. The first kappa shape index (κ1) is 14.0. The number of alkyl halides is 1. The van der Waals surface area contributed by atoms with Gasteiger partial charge in [-0.05, 0) is 33.3 Å². The molecule has 1 amide bonds. The van der Waals surface area contributed by atoms with E-state index in [4.69, 9.17) is 11.6 Å². The largest absolute Gasteiger partial charge is 0.349 e. The van der Waals surface area contributed by atoms with Crippen molar-refractivity contribution in [1.82, 2.24) is 5.32 Å². The van der Waals surface area contributed by atoms with E-state index in [-0.39, 0.29) is 11.4 Å². The van der Waals surface area contributed by atoms with Crippen LogP contribution in [0.1, 0.15) is 33.3 Å². The summed E-state index contributed by atoms with van der Waals surface area (Å²) >= 11 is 5.82. The topological polar surface area (TPSA) is 29.1 Å². The van der Waals surface area contributed by atoms with Gasteiger partial charge < -0.3 is 5.32 Å². The third kappa shape index (κ3) is 3.47. The van der Waals surface area contributed by atoms with Gasteiger partial charge in [-0.1, -0.05) is 30.3 Å². The number of nitrogens with one attached hydrogen (secondary N) is 1. The maximum atomic E-state index is 12.3. The van der Waals surface area contributed by atoms with Crippen molar-refractivity contribution >= 4 is 17.5 Å². The Balaban J connectivity index is 2.88. The zero-order chi connectivity index (χ0) is 13.1. The van der Waals surface area contributed by atoms with Gasteiger partial charge in [0.25, 0.3) is 0 Å². The molecule has 1 aromatic rings. The average Bonchev–Trinajstić information content (AvgIpc) is 2.29. The summed E-state index contributed by atoms with van der Waals surface area (Å²) in [5.41, 5.74) is 0.0674. The molecule has 0 radical (unpaired) electrons. The number of amides is 1. The molecule has 0 aliphatic heterocycles. The van der Waals surface area contributed by atoms with E-state index in [0.717, 1.165) is 5.56 Å². The molecule has 0 bridgehead atoms. The van der Waals surface area contributed by atoms with Crippen LogP contribution in [0.25, 0.3) is 0 Å². The monoisotopic (exact) mass is 253 g/mol. The lowest BCUT2D eigenvalue weighted by Crippen LogP contribution is -2.51. The first-order valence-corrected chi connectivity index (χ1v) is 6.27. The normalized spacial score (nSPS) is 12.3. The maximum absolute atomic E-state index is 12.3. The SMILES string of the molecule is CC(C)(CCl)NC(=O)C(C)(C)c1ccccc1. The Hall–Kier alpha value is -1.02. The molecule has 3 heteroatoms. The Morgan fingerprint density at radius 2 is 1.71 bits per heavy atom. The highest BCUT2D eigenvalue weighted by Crippen LogP contribution is 2.24. The lowest BCUT2D eigenvalue weighted by Gasteiger charge is -2.31. The summed E-state index contributed by atoms with van der Waals surface area (Å²) in [6, 6.07) is 9.76. The summed E-state index contributed by atoms with van der Waals surface area (Å²) in [4.78, 5) is 12.3. The van der Waals surface area contributed by atoms with Crippen LogP contribution in [0.4, 0.5) is 0 Å². The predicted molar refractivity (Wildman–Crippen MR) is 72.4 cm³/mol. The van der Waals surface area contributed by atoms with Crippen LogP contribution in [0.5, 0.6) is 0 Å². The molecule has 1 rings (SSSR count). The van der Waals surface area contributed by atoms with E-state index in [1.807, 2.05) is 58.0 Å². The molecule has 0 heterocycles. The Morgan fingerprint density at radius 3 is 2.18 bits per heavy atom. The number of carbonyl (C=O) groups is 1. The molecule has 2 nitrogen and oxygen atoms in total. The Morgan fingerprint density at radius 1 is 1.18 bits per heavy atom. The number of hydrogen-bond donors (Lipinski definition) is 1. The third-order valence-corrected chi connectivity index (χ3v) is 3.52. The average molecular weight is 254 g/mol. The molecule has 94 valence electrons. The highest BCUT2D eigenvalue weighted by molar-refractivity contribution is 6.18. The van der Waals surface area contributed by atoms with Crippen molar-refractivity contribution in [2.45, 2.75) is 38.6 Å². The standard InChI is InChI=1S/C14H20ClNO/c1-13(2,10-15)16-12(17)14(3,4)11-8-6-5-7-9-11/h5-9H,10H2,1-4H3,(H,16,17). The van der Waals surface area contributed by atoms with Crippen LogP contribution in [0.3, 0.4) is 0 Å². The van der Waals surface area contributed by atoms with Crippen LogP contribution in [-0.4, -0.2) is 17.3 Å². The molecule has 0 saturated heterocycles. The molecule has 0 fully saturated rings. The van der Waals surface area contributed by atoms with Crippen LogP contribution in [0.15, 0.2) is 30.3 Å². The van der Waals surface area contributed by atoms with Crippen LogP contribution < -0.4 is 5.32 Å². The molecule has 0 aliphatic carbocycles. The fraction of sp³-hybridized carbons (Fsp3) is 0.500. The van der Waals surface area contributed by atoms with Crippen LogP contribution in [0, 0.1) is 0 Å². The molecule has 0 atom stereocenters. The lowest BCUT2D eigenvalue weighted by molar-refractivity contribution is -0.127. The van der Waals surface area contributed by atoms with E-state index in [2.05, 4.69) is 5.32 Å². The molecular formula is C14H20ClNO. The van der Waals surface area contributed by atoms with Crippen LogP contribution in [0.2, 0.25) is 0 Å². The number of rotatable bonds is 4. The highest BCUT2D eigenvalue weighted by atomic mass is 35.5. The minimum absolute atomic E-state index is 0.00523. The van der Waals surface area contributed by atoms with Crippen molar-refractivity contribution in [1.29, 1.82) is 0 Å². The van der Waals surface area contributed by atoms with E-state index in [1.54, 1.807) is 0 Å². The van der Waals surface area contributed by atoms with Gasteiger partial charge in [-0.3, -0.25) is 4.79 Å². The summed E-state index contributed by atoms with van der Waals surface area (Å²) in [7, 11) is 0. The van der Waals surface area contributed by atoms with E-state index in [9.17, 15) is 4.79 Å². The molecule has 0 spiro atoms. The number of halogens is 1. The molecule has 1 N–H and O–H groups in total. The van der Waals surface area contributed by atoms with Crippen molar-refractivity contribution in [2.75, 3.05) is 5.88 Å². The predicted octanol–water partition coefficient (Wildman–Crippen LogP) is 3.10. The Bertz CT molecular complexity index is 384. The van der Waals surface area contributed by atoms with Crippen LogP contribution >= 0.6 is 11.6 Å². The minimum Gasteiger partial charge on any atom is -0.349 e. The Kier molecular flexibility index (Phi) is 4.21. The number of hydrogen-bond acceptors (Lipinski definition) is 1. The first-order chi connectivity index (χ1) is 7.79. The van der Waals surface area contributed by atoms with Crippen molar-refractivity contribution in [3.8, 4) is 0 Å². The first-order valence-electron chi connectivity index (χ1n) is 5.74. The fourth-order valence-electron chi connectivity index (χ4n) is 1.48. The van der Waals surface area contributed by atoms with E-state index < -0.39 is 5.41 Å². The van der Waals surface area contributed by atoms with Gasteiger partial charge >= 0.3 is 0 Å². The van der Waals surface area contributed by atoms with Crippen LogP contribution in [-0.2, 0) is 10.2 Å². The molecule has 1 aromatic carbocycles. The number of benzene rings is 1.